The highest BCUT2D eigenvalue weighted by Crippen LogP contribution is 2.17. The molecule has 0 amide bonds. The van der Waals surface area contributed by atoms with Crippen molar-refractivity contribution in [1.29, 1.82) is 0 Å². The number of likely N-dealkylation sites (tertiary alicyclic amines) is 1. The fourth-order valence-electron chi connectivity index (χ4n) is 1.92. The quantitative estimate of drug-likeness (QED) is 0.632. The van der Waals surface area contributed by atoms with Crippen molar-refractivity contribution in [2.24, 2.45) is 0 Å². The summed E-state index contributed by atoms with van der Waals surface area (Å²) in [5.74, 6) is 0. The third-order valence-corrected chi connectivity index (χ3v) is 2.83. The molecule has 12 heavy (non-hydrogen) atoms. The Morgan fingerprint density at radius 3 is 2.67 bits per heavy atom. The van der Waals surface area contributed by atoms with Gasteiger partial charge in [-0.3, -0.25) is 0 Å². The summed E-state index contributed by atoms with van der Waals surface area (Å²) in [6.45, 7) is 2.53. The Bertz CT molecular complexity index is 123. The molecule has 2 nitrogen and oxygen atoms in total. The van der Waals surface area contributed by atoms with Gasteiger partial charge < -0.3 is 9.80 Å². The molecule has 1 fully saturated rings. The standard InChI is InChI=1S/C10H22N2/c1-11(2)9-7-10-6-4-5-8-12(10)3/h10H,4-9H2,1-3H3. The molecule has 1 aliphatic heterocycles. The fraction of sp³-hybridized carbons (Fsp3) is 1.00. The molecule has 0 aromatic carbocycles. The van der Waals surface area contributed by atoms with Crippen LogP contribution in [-0.4, -0.2) is 50.1 Å². The van der Waals surface area contributed by atoms with Crippen LogP contribution in [0.4, 0.5) is 0 Å². The maximum Gasteiger partial charge on any atom is 0.0104 e. The van der Waals surface area contributed by atoms with E-state index in [1.54, 1.807) is 0 Å². The van der Waals surface area contributed by atoms with E-state index in [0.29, 0.717) is 0 Å². The van der Waals surface area contributed by atoms with Crippen molar-refractivity contribution in [3.8, 4) is 0 Å². The zero-order valence-electron chi connectivity index (χ0n) is 8.71. The number of piperidine rings is 1. The highest BCUT2D eigenvalue weighted by molar-refractivity contribution is 4.74. The van der Waals surface area contributed by atoms with E-state index in [1.165, 1.54) is 38.8 Å². The molecule has 1 atom stereocenters. The summed E-state index contributed by atoms with van der Waals surface area (Å²) in [7, 11) is 6.57. The molecule has 2 heteroatoms. The van der Waals surface area contributed by atoms with Crippen molar-refractivity contribution >= 4 is 0 Å². The fourth-order valence-corrected chi connectivity index (χ4v) is 1.92. The number of hydrogen-bond acceptors (Lipinski definition) is 2. The van der Waals surface area contributed by atoms with Crippen molar-refractivity contribution < 1.29 is 0 Å². The Balaban J connectivity index is 2.20. The molecule has 0 spiro atoms. The van der Waals surface area contributed by atoms with Gasteiger partial charge in [0.15, 0.2) is 0 Å². The second-order valence-electron chi connectivity index (χ2n) is 4.22. The Hall–Kier alpha value is -0.0800. The third-order valence-electron chi connectivity index (χ3n) is 2.83. The van der Waals surface area contributed by atoms with Gasteiger partial charge in [0.05, 0.1) is 0 Å². The van der Waals surface area contributed by atoms with Crippen molar-refractivity contribution in [3.05, 3.63) is 0 Å². The van der Waals surface area contributed by atoms with Gasteiger partial charge in [-0.25, -0.2) is 0 Å². The van der Waals surface area contributed by atoms with Crippen LogP contribution in [0.5, 0.6) is 0 Å². The van der Waals surface area contributed by atoms with Crippen LogP contribution < -0.4 is 0 Å². The number of rotatable bonds is 3. The molecule has 0 aromatic rings. The highest BCUT2D eigenvalue weighted by Gasteiger charge is 2.17. The van der Waals surface area contributed by atoms with Crippen LogP contribution in [0, 0.1) is 0 Å². The molecule has 1 heterocycles. The molecule has 1 rings (SSSR count). The first-order valence-corrected chi connectivity index (χ1v) is 5.05. The first-order chi connectivity index (χ1) is 5.70. The SMILES string of the molecule is CN(C)CCC1CCCCN1C. The van der Waals surface area contributed by atoms with Crippen LogP contribution in [0.3, 0.4) is 0 Å². The molecular formula is C10H22N2. The predicted molar refractivity (Wildman–Crippen MR) is 53.4 cm³/mol. The minimum atomic E-state index is 0.848. The van der Waals surface area contributed by atoms with Crippen LogP contribution in [0.15, 0.2) is 0 Å². The average Bonchev–Trinajstić information content (AvgIpc) is 2.03. The lowest BCUT2D eigenvalue weighted by Gasteiger charge is -2.33. The second kappa shape index (κ2) is 4.83. The van der Waals surface area contributed by atoms with Crippen molar-refractivity contribution in [1.82, 2.24) is 9.80 Å². The molecule has 1 saturated heterocycles. The summed E-state index contributed by atoms with van der Waals surface area (Å²) >= 11 is 0. The van der Waals surface area contributed by atoms with Gasteiger partial charge in [-0.15, -0.1) is 0 Å². The van der Waals surface area contributed by atoms with Gasteiger partial charge in [-0.1, -0.05) is 6.42 Å². The topological polar surface area (TPSA) is 6.48 Å². The molecule has 0 radical (unpaired) electrons. The van der Waals surface area contributed by atoms with Gasteiger partial charge in [0.1, 0.15) is 0 Å². The van der Waals surface area contributed by atoms with E-state index in [9.17, 15) is 0 Å². The lowest BCUT2D eigenvalue weighted by atomic mass is 10.0. The van der Waals surface area contributed by atoms with Crippen LogP contribution in [-0.2, 0) is 0 Å². The number of hydrogen-bond donors (Lipinski definition) is 0. The van der Waals surface area contributed by atoms with Crippen LogP contribution in [0.1, 0.15) is 25.7 Å². The van der Waals surface area contributed by atoms with E-state index in [1.807, 2.05) is 0 Å². The van der Waals surface area contributed by atoms with E-state index in [2.05, 4.69) is 30.9 Å². The van der Waals surface area contributed by atoms with E-state index in [0.717, 1.165) is 6.04 Å². The monoisotopic (exact) mass is 170 g/mol. The molecule has 0 aliphatic carbocycles. The Morgan fingerprint density at radius 2 is 2.08 bits per heavy atom. The summed E-state index contributed by atoms with van der Waals surface area (Å²) in [5.41, 5.74) is 0. The van der Waals surface area contributed by atoms with Gasteiger partial charge in [0, 0.05) is 6.04 Å². The molecule has 0 bridgehead atoms. The summed E-state index contributed by atoms with van der Waals surface area (Å²) in [6, 6.07) is 0.848. The van der Waals surface area contributed by atoms with Crippen molar-refractivity contribution in [2.75, 3.05) is 34.2 Å². The van der Waals surface area contributed by atoms with E-state index in [-0.39, 0.29) is 0 Å². The first-order valence-electron chi connectivity index (χ1n) is 5.05. The van der Waals surface area contributed by atoms with Gasteiger partial charge in [-0.05, 0) is 53.5 Å². The average molecular weight is 170 g/mol. The summed E-state index contributed by atoms with van der Waals surface area (Å²) in [5, 5.41) is 0. The Labute approximate surface area is 76.5 Å². The molecule has 0 saturated carbocycles. The minimum absolute atomic E-state index is 0.848. The maximum absolute atomic E-state index is 2.52. The molecule has 0 aromatic heterocycles. The van der Waals surface area contributed by atoms with Gasteiger partial charge in [0.2, 0.25) is 0 Å². The molecule has 1 aliphatic rings. The summed E-state index contributed by atoms with van der Waals surface area (Å²) in [6.07, 6.45) is 5.57. The third kappa shape index (κ3) is 3.11. The first kappa shape index (κ1) is 10.0. The summed E-state index contributed by atoms with van der Waals surface area (Å²) < 4.78 is 0. The molecule has 0 N–H and O–H groups in total. The molecule has 1 unspecified atom stereocenters. The predicted octanol–water partition coefficient (Wildman–Crippen LogP) is 1.42. The van der Waals surface area contributed by atoms with E-state index < -0.39 is 0 Å². The van der Waals surface area contributed by atoms with Gasteiger partial charge in [0.25, 0.3) is 0 Å². The van der Waals surface area contributed by atoms with Crippen LogP contribution in [0.25, 0.3) is 0 Å². The largest absolute Gasteiger partial charge is 0.309 e. The van der Waals surface area contributed by atoms with Gasteiger partial charge >= 0.3 is 0 Å². The van der Waals surface area contributed by atoms with Crippen LogP contribution in [0.2, 0.25) is 0 Å². The van der Waals surface area contributed by atoms with Crippen molar-refractivity contribution in [3.63, 3.8) is 0 Å². The lowest BCUT2D eigenvalue weighted by molar-refractivity contribution is 0.165. The lowest BCUT2D eigenvalue weighted by Crippen LogP contribution is -2.38. The van der Waals surface area contributed by atoms with Crippen molar-refractivity contribution in [2.45, 2.75) is 31.7 Å². The van der Waals surface area contributed by atoms with Gasteiger partial charge in [-0.2, -0.15) is 0 Å². The molecular weight excluding hydrogens is 148 g/mol. The molecule has 72 valence electrons. The smallest absolute Gasteiger partial charge is 0.0104 e. The van der Waals surface area contributed by atoms with E-state index >= 15 is 0 Å². The Morgan fingerprint density at radius 1 is 1.33 bits per heavy atom. The van der Waals surface area contributed by atoms with E-state index in [4.69, 9.17) is 0 Å². The number of nitrogens with zero attached hydrogens (tertiary/aromatic N) is 2. The minimum Gasteiger partial charge on any atom is -0.309 e. The second-order valence-corrected chi connectivity index (χ2v) is 4.22. The highest BCUT2D eigenvalue weighted by atomic mass is 15.1. The maximum atomic E-state index is 2.52. The zero-order valence-corrected chi connectivity index (χ0v) is 8.71. The van der Waals surface area contributed by atoms with Crippen LogP contribution >= 0.6 is 0 Å². The zero-order chi connectivity index (χ0) is 8.97. The summed E-state index contributed by atoms with van der Waals surface area (Å²) in [4.78, 5) is 4.80. The normalized spacial score (nSPS) is 26.5. The Kier molecular flexibility index (Phi) is 4.02.